The Morgan fingerprint density at radius 2 is 2.20 bits per heavy atom. The number of halogens is 3. The van der Waals surface area contributed by atoms with E-state index in [1.54, 1.807) is 0 Å². The van der Waals surface area contributed by atoms with Crippen LogP contribution in [0.1, 0.15) is 24.0 Å². The number of hydrogen-bond donors (Lipinski definition) is 1. The van der Waals surface area contributed by atoms with Gasteiger partial charge in [0.05, 0.1) is 6.42 Å². The first-order chi connectivity index (χ1) is 6.87. The third-order valence-electron chi connectivity index (χ3n) is 1.81. The smallest absolute Gasteiger partial charge is 0.308 e. The Bertz CT molecular complexity index is 309. The quantitative estimate of drug-likeness (QED) is 0.872. The summed E-state index contributed by atoms with van der Waals surface area (Å²) >= 11 is 1.45. The molecule has 1 unspecified atom stereocenters. The van der Waals surface area contributed by atoms with Gasteiger partial charge in [-0.05, 0) is 13.8 Å². The molecule has 0 saturated carbocycles. The number of thiazole rings is 1. The van der Waals surface area contributed by atoms with Crippen molar-refractivity contribution in [1.82, 2.24) is 10.3 Å². The lowest BCUT2D eigenvalue weighted by Crippen LogP contribution is -2.30. The predicted molar refractivity (Wildman–Crippen MR) is 53.8 cm³/mol. The first kappa shape index (κ1) is 12.4. The number of aryl methyl sites for hydroxylation is 1. The molecule has 0 fully saturated rings. The summed E-state index contributed by atoms with van der Waals surface area (Å²) in [6, 6.07) is -0.575. The van der Waals surface area contributed by atoms with E-state index in [0.29, 0.717) is 6.54 Å². The van der Waals surface area contributed by atoms with Gasteiger partial charge in [0.2, 0.25) is 0 Å². The summed E-state index contributed by atoms with van der Waals surface area (Å²) in [6.45, 7) is 3.78. The molecule has 0 amide bonds. The maximum absolute atomic E-state index is 12.0. The van der Waals surface area contributed by atoms with E-state index in [4.69, 9.17) is 0 Å². The average molecular weight is 238 g/mol. The van der Waals surface area contributed by atoms with Crippen LogP contribution in [-0.4, -0.2) is 17.2 Å². The van der Waals surface area contributed by atoms with E-state index < -0.39 is 18.6 Å². The molecule has 0 aliphatic carbocycles. The minimum Gasteiger partial charge on any atom is -0.308 e. The van der Waals surface area contributed by atoms with Crippen LogP contribution < -0.4 is 5.32 Å². The fraction of sp³-hybridized carbons (Fsp3) is 0.667. The zero-order valence-electron chi connectivity index (χ0n) is 8.56. The fourth-order valence-electron chi connectivity index (χ4n) is 1.16. The van der Waals surface area contributed by atoms with Crippen LogP contribution in [0.2, 0.25) is 0 Å². The molecule has 1 atom stereocenters. The van der Waals surface area contributed by atoms with Crippen LogP contribution in [-0.2, 0) is 6.54 Å². The maximum atomic E-state index is 12.0. The van der Waals surface area contributed by atoms with Gasteiger partial charge in [0.1, 0.15) is 5.01 Å². The molecule has 15 heavy (non-hydrogen) atoms. The zero-order valence-corrected chi connectivity index (χ0v) is 9.37. The Morgan fingerprint density at radius 3 is 2.67 bits per heavy atom. The van der Waals surface area contributed by atoms with Gasteiger partial charge in [0, 0.05) is 23.7 Å². The molecule has 0 aliphatic heterocycles. The minimum absolute atomic E-state index is 0.399. The lowest BCUT2D eigenvalue weighted by molar-refractivity contribution is -0.139. The molecule has 2 nitrogen and oxygen atoms in total. The summed E-state index contributed by atoms with van der Waals surface area (Å²) in [5, 5.41) is 5.50. The van der Waals surface area contributed by atoms with Crippen molar-refractivity contribution >= 4 is 11.3 Å². The monoisotopic (exact) mass is 238 g/mol. The average Bonchev–Trinajstić information content (AvgIpc) is 2.45. The third-order valence-corrected chi connectivity index (χ3v) is 2.77. The highest BCUT2D eigenvalue weighted by atomic mass is 32.1. The molecule has 0 aliphatic rings. The summed E-state index contributed by atoms with van der Waals surface area (Å²) in [5.41, 5.74) is 0.903. The molecule has 1 rings (SSSR count). The third kappa shape index (κ3) is 5.13. The highest BCUT2D eigenvalue weighted by molar-refractivity contribution is 7.09. The Labute approximate surface area is 90.5 Å². The van der Waals surface area contributed by atoms with Gasteiger partial charge in [-0.1, -0.05) is 0 Å². The molecule has 0 radical (unpaired) electrons. The summed E-state index contributed by atoms with van der Waals surface area (Å²) in [4.78, 5) is 4.15. The second kappa shape index (κ2) is 4.94. The van der Waals surface area contributed by atoms with Crippen molar-refractivity contribution in [1.29, 1.82) is 0 Å². The summed E-state index contributed by atoms with van der Waals surface area (Å²) < 4.78 is 35.9. The van der Waals surface area contributed by atoms with E-state index in [-0.39, 0.29) is 0 Å². The van der Waals surface area contributed by atoms with E-state index >= 15 is 0 Å². The van der Waals surface area contributed by atoms with E-state index in [9.17, 15) is 13.2 Å². The first-order valence-electron chi connectivity index (χ1n) is 4.58. The van der Waals surface area contributed by atoms with E-state index in [0.717, 1.165) is 10.7 Å². The second-order valence-corrected chi connectivity index (χ2v) is 4.43. The summed E-state index contributed by atoms with van der Waals surface area (Å²) in [7, 11) is 0. The predicted octanol–water partition coefficient (Wildman–Crippen LogP) is 2.88. The van der Waals surface area contributed by atoms with Crippen molar-refractivity contribution in [3.05, 3.63) is 16.1 Å². The van der Waals surface area contributed by atoms with Crippen LogP contribution in [0.25, 0.3) is 0 Å². The molecule has 1 heterocycles. The Hall–Kier alpha value is -0.620. The first-order valence-corrected chi connectivity index (χ1v) is 5.46. The number of hydrogen-bond acceptors (Lipinski definition) is 3. The number of rotatable bonds is 4. The SMILES string of the molecule is Cc1csc(CNC(C)CC(F)(F)F)n1. The van der Waals surface area contributed by atoms with Gasteiger partial charge in [-0.25, -0.2) is 4.98 Å². The van der Waals surface area contributed by atoms with E-state index in [1.165, 1.54) is 18.3 Å². The number of nitrogens with one attached hydrogen (secondary N) is 1. The second-order valence-electron chi connectivity index (χ2n) is 3.48. The molecule has 86 valence electrons. The number of aromatic nitrogens is 1. The topological polar surface area (TPSA) is 24.9 Å². The van der Waals surface area contributed by atoms with Crippen molar-refractivity contribution in [2.45, 2.75) is 39.0 Å². The zero-order chi connectivity index (χ0) is 11.5. The van der Waals surface area contributed by atoms with Crippen molar-refractivity contribution in [3.63, 3.8) is 0 Å². The number of nitrogens with zero attached hydrogens (tertiary/aromatic N) is 1. The van der Waals surface area contributed by atoms with Gasteiger partial charge in [-0.15, -0.1) is 11.3 Å². The van der Waals surface area contributed by atoms with Gasteiger partial charge in [0.15, 0.2) is 0 Å². The Kier molecular flexibility index (Phi) is 4.10. The molecule has 0 spiro atoms. The minimum atomic E-state index is -4.11. The number of alkyl halides is 3. The van der Waals surface area contributed by atoms with Crippen LogP contribution >= 0.6 is 11.3 Å². The van der Waals surface area contributed by atoms with E-state index in [2.05, 4.69) is 10.3 Å². The highest BCUT2D eigenvalue weighted by Crippen LogP contribution is 2.21. The molecule has 0 bridgehead atoms. The largest absolute Gasteiger partial charge is 0.390 e. The molecule has 1 aromatic heterocycles. The lowest BCUT2D eigenvalue weighted by atomic mass is 10.2. The molecular weight excluding hydrogens is 225 g/mol. The summed E-state index contributed by atoms with van der Waals surface area (Å²) in [6.07, 6.45) is -4.91. The standard InChI is InChI=1S/C9H13F3N2S/c1-6(3-9(10,11)12)13-4-8-14-7(2)5-15-8/h5-6,13H,3-4H2,1-2H3. The molecule has 0 saturated heterocycles. The molecular formula is C9H13F3N2S. The van der Waals surface area contributed by atoms with Crippen molar-refractivity contribution in [3.8, 4) is 0 Å². The van der Waals surface area contributed by atoms with Gasteiger partial charge < -0.3 is 5.32 Å². The molecule has 1 aromatic rings. The molecule has 0 aromatic carbocycles. The van der Waals surface area contributed by atoms with Gasteiger partial charge >= 0.3 is 6.18 Å². The van der Waals surface area contributed by atoms with Crippen LogP contribution in [0.3, 0.4) is 0 Å². The van der Waals surface area contributed by atoms with Crippen molar-refractivity contribution in [2.24, 2.45) is 0 Å². The lowest BCUT2D eigenvalue weighted by Gasteiger charge is -2.14. The van der Waals surface area contributed by atoms with Crippen molar-refractivity contribution < 1.29 is 13.2 Å². The molecule has 6 heteroatoms. The highest BCUT2D eigenvalue weighted by Gasteiger charge is 2.29. The Morgan fingerprint density at radius 1 is 1.53 bits per heavy atom. The van der Waals surface area contributed by atoms with Gasteiger partial charge in [0.25, 0.3) is 0 Å². The maximum Gasteiger partial charge on any atom is 0.390 e. The van der Waals surface area contributed by atoms with Crippen LogP contribution in [0, 0.1) is 6.92 Å². The van der Waals surface area contributed by atoms with Gasteiger partial charge in [-0.2, -0.15) is 13.2 Å². The summed E-state index contributed by atoms with van der Waals surface area (Å²) in [5.74, 6) is 0. The molecule has 1 N–H and O–H groups in total. The fourth-order valence-corrected chi connectivity index (χ4v) is 1.89. The van der Waals surface area contributed by atoms with Crippen LogP contribution in [0.15, 0.2) is 5.38 Å². The Balaban J connectivity index is 2.31. The van der Waals surface area contributed by atoms with Crippen LogP contribution in [0.4, 0.5) is 13.2 Å². The van der Waals surface area contributed by atoms with Crippen molar-refractivity contribution in [2.75, 3.05) is 0 Å². The van der Waals surface area contributed by atoms with Crippen LogP contribution in [0.5, 0.6) is 0 Å². The van der Waals surface area contributed by atoms with E-state index in [1.807, 2.05) is 12.3 Å². The normalized spacial score (nSPS) is 14.2. The van der Waals surface area contributed by atoms with Gasteiger partial charge in [-0.3, -0.25) is 0 Å².